The summed E-state index contributed by atoms with van der Waals surface area (Å²) in [6.07, 6.45) is -1.10. The highest BCUT2D eigenvalue weighted by molar-refractivity contribution is 5.89. The SMILES string of the molecule is O=C(O)N1CCOc2cc([N+](=O)[O-])ccc21. The van der Waals surface area contributed by atoms with Crippen molar-refractivity contribution >= 4 is 17.5 Å². The van der Waals surface area contributed by atoms with Crippen LogP contribution in [0.5, 0.6) is 5.75 Å². The number of carbonyl (C=O) groups is 1. The second kappa shape index (κ2) is 3.69. The number of fused-ring (bicyclic) bond motifs is 1. The predicted molar refractivity (Wildman–Crippen MR) is 54.0 cm³/mol. The Kier molecular flexibility index (Phi) is 2.35. The van der Waals surface area contributed by atoms with Gasteiger partial charge in [0.1, 0.15) is 12.4 Å². The molecule has 0 saturated heterocycles. The smallest absolute Gasteiger partial charge is 0.412 e. The van der Waals surface area contributed by atoms with Crippen LogP contribution in [-0.4, -0.2) is 29.3 Å². The third kappa shape index (κ3) is 1.62. The molecule has 0 fully saturated rings. The fourth-order valence-corrected chi connectivity index (χ4v) is 1.52. The van der Waals surface area contributed by atoms with E-state index in [9.17, 15) is 14.9 Å². The Balaban J connectivity index is 2.44. The van der Waals surface area contributed by atoms with Gasteiger partial charge in [-0.25, -0.2) is 4.79 Å². The van der Waals surface area contributed by atoms with Crippen molar-refractivity contribution in [3.05, 3.63) is 28.3 Å². The zero-order valence-corrected chi connectivity index (χ0v) is 8.12. The van der Waals surface area contributed by atoms with Gasteiger partial charge in [-0.1, -0.05) is 0 Å². The van der Waals surface area contributed by atoms with Gasteiger partial charge in [-0.3, -0.25) is 15.0 Å². The van der Waals surface area contributed by atoms with Crippen molar-refractivity contribution in [1.29, 1.82) is 0 Å². The molecule has 0 spiro atoms. The topological polar surface area (TPSA) is 92.9 Å². The lowest BCUT2D eigenvalue weighted by Crippen LogP contribution is -2.36. The molecule has 0 aliphatic carbocycles. The van der Waals surface area contributed by atoms with Gasteiger partial charge in [-0.15, -0.1) is 0 Å². The van der Waals surface area contributed by atoms with Gasteiger partial charge in [0.15, 0.2) is 0 Å². The Labute approximate surface area is 90.0 Å². The summed E-state index contributed by atoms with van der Waals surface area (Å²) in [6, 6.07) is 3.86. The number of nitro benzene ring substituents is 1. The van der Waals surface area contributed by atoms with Crippen molar-refractivity contribution in [1.82, 2.24) is 0 Å². The molecule has 0 atom stereocenters. The minimum Gasteiger partial charge on any atom is -0.489 e. The van der Waals surface area contributed by atoms with Gasteiger partial charge in [0.2, 0.25) is 0 Å². The van der Waals surface area contributed by atoms with Gasteiger partial charge in [0, 0.05) is 6.07 Å². The molecule has 1 aliphatic rings. The molecular weight excluding hydrogens is 216 g/mol. The maximum Gasteiger partial charge on any atom is 0.412 e. The van der Waals surface area contributed by atoms with Crippen molar-refractivity contribution < 1.29 is 19.6 Å². The molecule has 16 heavy (non-hydrogen) atoms. The fourth-order valence-electron chi connectivity index (χ4n) is 1.52. The van der Waals surface area contributed by atoms with Crippen molar-refractivity contribution in [3.63, 3.8) is 0 Å². The number of nitro groups is 1. The second-order valence-electron chi connectivity index (χ2n) is 3.19. The van der Waals surface area contributed by atoms with Crippen LogP contribution in [0.15, 0.2) is 18.2 Å². The van der Waals surface area contributed by atoms with Crippen molar-refractivity contribution in [2.75, 3.05) is 18.1 Å². The van der Waals surface area contributed by atoms with E-state index in [2.05, 4.69) is 0 Å². The summed E-state index contributed by atoms with van der Waals surface area (Å²) in [5.41, 5.74) is 0.218. The van der Waals surface area contributed by atoms with Gasteiger partial charge >= 0.3 is 6.09 Å². The van der Waals surface area contributed by atoms with Gasteiger partial charge in [-0.05, 0) is 6.07 Å². The van der Waals surface area contributed by atoms with Gasteiger partial charge in [-0.2, -0.15) is 0 Å². The summed E-state index contributed by atoms with van der Waals surface area (Å²) in [6.45, 7) is 0.417. The highest BCUT2D eigenvalue weighted by Crippen LogP contribution is 2.34. The van der Waals surface area contributed by atoms with E-state index >= 15 is 0 Å². The minimum atomic E-state index is -1.10. The number of hydrogen-bond acceptors (Lipinski definition) is 4. The maximum atomic E-state index is 10.9. The molecule has 7 nitrogen and oxygen atoms in total. The molecule has 1 aromatic rings. The summed E-state index contributed by atoms with van der Waals surface area (Å²) in [4.78, 5) is 21.9. The summed E-state index contributed by atoms with van der Waals surface area (Å²) in [7, 11) is 0. The molecule has 1 heterocycles. The number of anilines is 1. The first kappa shape index (κ1) is 10.2. The van der Waals surface area contributed by atoms with Crippen LogP contribution in [0.25, 0.3) is 0 Å². The Hall–Kier alpha value is -2.31. The van der Waals surface area contributed by atoms with Crippen LogP contribution < -0.4 is 9.64 Å². The highest BCUT2D eigenvalue weighted by atomic mass is 16.6. The van der Waals surface area contributed by atoms with Crippen LogP contribution >= 0.6 is 0 Å². The molecule has 0 saturated carbocycles. The summed E-state index contributed by atoms with van der Waals surface area (Å²) in [5.74, 6) is 0.225. The molecule has 1 aromatic carbocycles. The quantitative estimate of drug-likeness (QED) is 0.575. The van der Waals surface area contributed by atoms with E-state index in [4.69, 9.17) is 9.84 Å². The molecule has 1 N–H and O–H groups in total. The lowest BCUT2D eigenvalue weighted by Gasteiger charge is -2.26. The van der Waals surface area contributed by atoms with Crippen LogP contribution in [0.2, 0.25) is 0 Å². The van der Waals surface area contributed by atoms with Crippen LogP contribution in [0, 0.1) is 10.1 Å². The summed E-state index contributed by atoms with van der Waals surface area (Å²) < 4.78 is 5.19. The molecule has 84 valence electrons. The van der Waals surface area contributed by atoms with Crippen LogP contribution in [0.4, 0.5) is 16.2 Å². The lowest BCUT2D eigenvalue weighted by atomic mass is 10.2. The van der Waals surface area contributed by atoms with E-state index in [0.29, 0.717) is 5.69 Å². The van der Waals surface area contributed by atoms with Crippen molar-refractivity contribution in [3.8, 4) is 5.75 Å². The fraction of sp³-hybridized carbons (Fsp3) is 0.222. The monoisotopic (exact) mass is 224 g/mol. The third-order valence-electron chi connectivity index (χ3n) is 2.25. The average molecular weight is 224 g/mol. The zero-order chi connectivity index (χ0) is 11.7. The van der Waals surface area contributed by atoms with E-state index in [0.717, 1.165) is 4.90 Å². The molecule has 0 bridgehead atoms. The molecule has 1 aliphatic heterocycles. The molecule has 7 heteroatoms. The molecule has 1 amide bonds. The Morgan fingerprint density at radius 1 is 1.56 bits per heavy atom. The Morgan fingerprint density at radius 2 is 2.31 bits per heavy atom. The van der Waals surface area contributed by atoms with E-state index in [1.165, 1.54) is 18.2 Å². The van der Waals surface area contributed by atoms with E-state index in [1.807, 2.05) is 0 Å². The van der Waals surface area contributed by atoms with E-state index in [-0.39, 0.29) is 24.6 Å². The highest BCUT2D eigenvalue weighted by Gasteiger charge is 2.24. The zero-order valence-electron chi connectivity index (χ0n) is 8.12. The van der Waals surface area contributed by atoms with Gasteiger partial charge in [0.25, 0.3) is 5.69 Å². The number of rotatable bonds is 1. The van der Waals surface area contributed by atoms with Gasteiger partial charge in [0.05, 0.1) is 23.2 Å². The average Bonchev–Trinajstić information content (AvgIpc) is 2.27. The first-order chi connectivity index (χ1) is 7.59. The number of carboxylic acid groups (broad SMARTS) is 1. The molecule has 0 radical (unpaired) electrons. The summed E-state index contributed by atoms with van der Waals surface area (Å²) in [5, 5.41) is 19.4. The number of amides is 1. The largest absolute Gasteiger partial charge is 0.489 e. The second-order valence-corrected chi connectivity index (χ2v) is 3.19. The number of ether oxygens (including phenoxy) is 1. The van der Waals surface area contributed by atoms with E-state index in [1.54, 1.807) is 0 Å². The number of non-ortho nitro benzene ring substituents is 1. The molecular formula is C9H8N2O5. The van der Waals surface area contributed by atoms with Crippen molar-refractivity contribution in [2.45, 2.75) is 0 Å². The molecule has 2 rings (SSSR count). The standard InChI is InChI=1S/C9H8N2O5/c12-9(13)10-3-4-16-8-5-6(11(14)15)1-2-7(8)10/h1-2,5H,3-4H2,(H,12,13). The Morgan fingerprint density at radius 3 is 2.94 bits per heavy atom. The minimum absolute atomic E-state index is 0.119. The Bertz CT molecular complexity index is 459. The van der Waals surface area contributed by atoms with Gasteiger partial charge < -0.3 is 9.84 Å². The maximum absolute atomic E-state index is 10.9. The van der Waals surface area contributed by atoms with Crippen LogP contribution in [0.1, 0.15) is 0 Å². The lowest BCUT2D eigenvalue weighted by molar-refractivity contribution is -0.384. The summed E-state index contributed by atoms with van der Waals surface area (Å²) >= 11 is 0. The number of nitrogens with zero attached hydrogens (tertiary/aromatic N) is 2. The van der Waals surface area contributed by atoms with Crippen LogP contribution in [-0.2, 0) is 0 Å². The molecule has 0 aromatic heterocycles. The predicted octanol–water partition coefficient (Wildman–Crippen LogP) is 1.47. The third-order valence-corrected chi connectivity index (χ3v) is 2.25. The normalized spacial score (nSPS) is 13.9. The number of benzene rings is 1. The van der Waals surface area contributed by atoms with Crippen molar-refractivity contribution in [2.24, 2.45) is 0 Å². The molecule has 0 unspecified atom stereocenters. The number of hydrogen-bond donors (Lipinski definition) is 1. The van der Waals surface area contributed by atoms with E-state index < -0.39 is 11.0 Å². The first-order valence-corrected chi connectivity index (χ1v) is 4.51. The van der Waals surface area contributed by atoms with Crippen LogP contribution in [0.3, 0.4) is 0 Å². The first-order valence-electron chi connectivity index (χ1n) is 4.51.